The van der Waals surface area contributed by atoms with Crippen molar-refractivity contribution in [1.82, 2.24) is 14.5 Å². The van der Waals surface area contributed by atoms with Gasteiger partial charge in [-0.2, -0.15) is 0 Å². The Bertz CT molecular complexity index is 1150. The van der Waals surface area contributed by atoms with Gasteiger partial charge in [-0.15, -0.1) is 0 Å². The molecule has 9 heteroatoms. The quantitative estimate of drug-likeness (QED) is 0.557. The molecule has 0 bridgehead atoms. The van der Waals surface area contributed by atoms with Crippen LogP contribution in [-0.4, -0.2) is 54.5 Å². The highest BCUT2D eigenvalue weighted by Crippen LogP contribution is 2.30. The number of nitrogens with one attached hydrogen (secondary N) is 1. The van der Waals surface area contributed by atoms with Crippen molar-refractivity contribution in [1.29, 1.82) is 0 Å². The zero-order chi connectivity index (χ0) is 24.9. The highest BCUT2D eigenvalue weighted by molar-refractivity contribution is 7.90. The number of hydrogen-bond donors (Lipinski definition) is 1. The lowest BCUT2D eigenvalue weighted by Crippen LogP contribution is -2.50. The molecule has 0 aromatic heterocycles. The fourth-order valence-corrected chi connectivity index (χ4v) is 5.48. The van der Waals surface area contributed by atoms with E-state index in [1.165, 1.54) is 17.0 Å². The molecule has 1 heterocycles. The highest BCUT2D eigenvalue weighted by atomic mass is 32.2. The van der Waals surface area contributed by atoms with E-state index in [4.69, 9.17) is 0 Å². The minimum absolute atomic E-state index is 0.0481. The SMILES string of the molecule is CC[C@H](C(=O)NCC(C)C)N(Cc1ccccc1)C(=O)CCN1C(=O)c2ccccc2S1(=O)=O. The third-order valence-corrected chi connectivity index (χ3v) is 7.55. The summed E-state index contributed by atoms with van der Waals surface area (Å²) in [5.74, 6) is -1.03. The number of nitrogens with zero attached hydrogens (tertiary/aromatic N) is 2. The summed E-state index contributed by atoms with van der Waals surface area (Å²) in [5, 5.41) is 2.89. The molecule has 2 aromatic rings. The summed E-state index contributed by atoms with van der Waals surface area (Å²) in [4.78, 5) is 40.4. The minimum atomic E-state index is -4.00. The van der Waals surface area contributed by atoms with E-state index in [-0.39, 0.29) is 41.8 Å². The zero-order valence-electron chi connectivity index (χ0n) is 19.7. The van der Waals surface area contributed by atoms with Crippen LogP contribution < -0.4 is 5.32 Å². The first kappa shape index (κ1) is 25.4. The van der Waals surface area contributed by atoms with E-state index < -0.39 is 27.9 Å². The normalized spacial score (nSPS) is 15.2. The minimum Gasteiger partial charge on any atom is -0.354 e. The van der Waals surface area contributed by atoms with Crippen LogP contribution in [0.4, 0.5) is 0 Å². The van der Waals surface area contributed by atoms with Crippen LogP contribution in [-0.2, 0) is 26.2 Å². The molecule has 0 fully saturated rings. The first-order valence-electron chi connectivity index (χ1n) is 11.4. The van der Waals surface area contributed by atoms with Gasteiger partial charge < -0.3 is 10.2 Å². The van der Waals surface area contributed by atoms with Gasteiger partial charge in [-0.05, 0) is 30.0 Å². The van der Waals surface area contributed by atoms with E-state index in [0.29, 0.717) is 13.0 Å². The summed E-state index contributed by atoms with van der Waals surface area (Å²) in [6.45, 7) is 6.20. The van der Waals surface area contributed by atoms with Gasteiger partial charge in [-0.25, -0.2) is 12.7 Å². The van der Waals surface area contributed by atoms with Crippen molar-refractivity contribution in [2.75, 3.05) is 13.1 Å². The van der Waals surface area contributed by atoms with Gasteiger partial charge in [0.15, 0.2) is 0 Å². The van der Waals surface area contributed by atoms with E-state index in [2.05, 4.69) is 5.32 Å². The van der Waals surface area contributed by atoms with Crippen LogP contribution in [0.15, 0.2) is 59.5 Å². The molecular formula is C25H31N3O5S. The van der Waals surface area contributed by atoms with Crippen molar-refractivity contribution in [3.8, 4) is 0 Å². The number of hydrogen-bond acceptors (Lipinski definition) is 5. The van der Waals surface area contributed by atoms with Crippen LogP contribution in [0.2, 0.25) is 0 Å². The Hall–Kier alpha value is -3.20. The lowest BCUT2D eigenvalue weighted by Gasteiger charge is -2.31. The molecule has 8 nitrogen and oxygen atoms in total. The summed E-state index contributed by atoms with van der Waals surface area (Å²) in [6, 6.07) is 14.6. The number of benzene rings is 2. The van der Waals surface area contributed by atoms with E-state index >= 15 is 0 Å². The van der Waals surface area contributed by atoms with E-state index in [1.54, 1.807) is 12.1 Å². The average molecular weight is 486 g/mol. The molecule has 2 aromatic carbocycles. The molecule has 0 aliphatic carbocycles. The van der Waals surface area contributed by atoms with Gasteiger partial charge >= 0.3 is 0 Å². The Labute approximate surface area is 201 Å². The molecule has 1 N–H and O–H groups in total. The highest BCUT2D eigenvalue weighted by Gasteiger charge is 2.41. The molecule has 34 heavy (non-hydrogen) atoms. The number of sulfonamides is 1. The molecule has 1 aliphatic heterocycles. The van der Waals surface area contributed by atoms with Crippen LogP contribution in [0.5, 0.6) is 0 Å². The van der Waals surface area contributed by atoms with Gasteiger partial charge in [0, 0.05) is 26.1 Å². The van der Waals surface area contributed by atoms with Crippen molar-refractivity contribution in [2.45, 2.75) is 51.1 Å². The molecular weight excluding hydrogens is 454 g/mol. The van der Waals surface area contributed by atoms with Crippen molar-refractivity contribution in [2.24, 2.45) is 5.92 Å². The van der Waals surface area contributed by atoms with E-state index in [0.717, 1.165) is 9.87 Å². The standard InChI is InChI=1S/C25H31N3O5S/c1-4-21(24(30)26-16-18(2)3)27(17-19-10-6-5-7-11-19)23(29)14-15-28-25(31)20-12-8-9-13-22(20)34(28,32)33/h5-13,18,21H,4,14-17H2,1-3H3,(H,26,30)/t21-/m1/s1. The number of amides is 3. The molecule has 3 amide bonds. The molecule has 182 valence electrons. The van der Waals surface area contributed by atoms with Crippen molar-refractivity contribution >= 4 is 27.7 Å². The van der Waals surface area contributed by atoms with Gasteiger partial charge in [-0.3, -0.25) is 14.4 Å². The second-order valence-electron chi connectivity index (χ2n) is 8.70. The Morgan fingerprint density at radius 3 is 2.29 bits per heavy atom. The Morgan fingerprint density at radius 2 is 1.68 bits per heavy atom. The van der Waals surface area contributed by atoms with Gasteiger partial charge in [0.1, 0.15) is 10.9 Å². The van der Waals surface area contributed by atoms with Crippen molar-refractivity contribution in [3.63, 3.8) is 0 Å². The number of fused-ring (bicyclic) bond motifs is 1. The number of carbonyl (C=O) groups excluding carboxylic acids is 3. The van der Waals surface area contributed by atoms with E-state index in [9.17, 15) is 22.8 Å². The Kier molecular flexibility index (Phi) is 8.09. The second kappa shape index (κ2) is 10.8. The monoisotopic (exact) mass is 485 g/mol. The van der Waals surface area contributed by atoms with Crippen LogP contribution >= 0.6 is 0 Å². The lowest BCUT2D eigenvalue weighted by atomic mass is 10.1. The molecule has 1 aliphatic rings. The third-order valence-electron chi connectivity index (χ3n) is 5.71. The molecule has 3 rings (SSSR count). The molecule has 0 spiro atoms. The summed E-state index contributed by atoms with van der Waals surface area (Å²) in [6.07, 6.45) is 0.175. The van der Waals surface area contributed by atoms with Gasteiger partial charge in [-0.1, -0.05) is 63.2 Å². The average Bonchev–Trinajstić information content (AvgIpc) is 3.01. The van der Waals surface area contributed by atoms with E-state index in [1.807, 2.05) is 51.1 Å². The first-order chi connectivity index (χ1) is 16.2. The first-order valence-corrected chi connectivity index (χ1v) is 12.9. The smallest absolute Gasteiger partial charge is 0.269 e. The molecule has 0 radical (unpaired) electrons. The fourth-order valence-electron chi connectivity index (χ4n) is 3.92. The largest absolute Gasteiger partial charge is 0.354 e. The Morgan fingerprint density at radius 1 is 1.03 bits per heavy atom. The zero-order valence-corrected chi connectivity index (χ0v) is 20.5. The van der Waals surface area contributed by atoms with Crippen LogP contribution in [0.1, 0.15) is 49.5 Å². The predicted octanol–water partition coefficient (Wildman–Crippen LogP) is 2.80. The summed E-state index contributed by atoms with van der Waals surface area (Å²) >= 11 is 0. The fraction of sp³-hybridized carbons (Fsp3) is 0.400. The van der Waals surface area contributed by atoms with Gasteiger partial charge in [0.2, 0.25) is 11.8 Å². The van der Waals surface area contributed by atoms with Crippen LogP contribution in [0, 0.1) is 5.92 Å². The lowest BCUT2D eigenvalue weighted by molar-refractivity contribution is -0.141. The number of carbonyl (C=O) groups is 3. The molecule has 0 saturated heterocycles. The van der Waals surface area contributed by atoms with Gasteiger partial charge in [0.05, 0.1) is 5.56 Å². The molecule has 0 unspecified atom stereocenters. The number of rotatable bonds is 10. The van der Waals surface area contributed by atoms with Crippen molar-refractivity contribution in [3.05, 3.63) is 65.7 Å². The second-order valence-corrected chi connectivity index (χ2v) is 10.5. The summed E-state index contributed by atoms with van der Waals surface area (Å²) < 4.78 is 26.4. The maximum absolute atomic E-state index is 13.4. The Balaban J connectivity index is 1.80. The maximum atomic E-state index is 13.4. The van der Waals surface area contributed by atoms with Crippen LogP contribution in [0.25, 0.3) is 0 Å². The molecule has 1 atom stereocenters. The van der Waals surface area contributed by atoms with Crippen molar-refractivity contribution < 1.29 is 22.8 Å². The van der Waals surface area contributed by atoms with Gasteiger partial charge in [0.25, 0.3) is 15.9 Å². The summed E-state index contributed by atoms with van der Waals surface area (Å²) in [5.41, 5.74) is 0.957. The van der Waals surface area contributed by atoms with Crippen LogP contribution in [0.3, 0.4) is 0 Å². The maximum Gasteiger partial charge on any atom is 0.269 e. The third kappa shape index (κ3) is 5.47. The predicted molar refractivity (Wildman–Crippen MR) is 128 cm³/mol. The summed E-state index contributed by atoms with van der Waals surface area (Å²) in [7, 11) is -4.00. The topological polar surface area (TPSA) is 104 Å². The molecule has 0 saturated carbocycles.